The van der Waals surface area contributed by atoms with Gasteiger partial charge in [0.1, 0.15) is 11.6 Å². The van der Waals surface area contributed by atoms with Crippen molar-refractivity contribution in [3.63, 3.8) is 0 Å². The number of ether oxygens (including phenoxy) is 1. The van der Waals surface area contributed by atoms with Gasteiger partial charge in [0.05, 0.1) is 41.3 Å². The maximum atomic E-state index is 14.1. The van der Waals surface area contributed by atoms with Crippen LogP contribution >= 0.6 is 27.5 Å². The maximum absolute atomic E-state index is 14.1. The molecule has 3 aliphatic heterocycles. The second-order valence-corrected chi connectivity index (χ2v) is 11.6. The number of fused-ring (bicyclic) bond motifs is 1. The predicted molar refractivity (Wildman–Crippen MR) is 142 cm³/mol. The van der Waals surface area contributed by atoms with Gasteiger partial charge in [-0.05, 0) is 37.0 Å². The first-order valence-electron chi connectivity index (χ1n) is 12.3. The average molecular weight is 591 g/mol. The van der Waals surface area contributed by atoms with Gasteiger partial charge in [0.2, 0.25) is 17.7 Å². The zero-order valence-electron chi connectivity index (χ0n) is 20.5. The number of carbonyl (C=O) groups is 3. The molecule has 8 nitrogen and oxygen atoms in total. The third-order valence-electron chi connectivity index (χ3n) is 7.91. The average Bonchev–Trinajstić information content (AvgIpc) is 3.48. The van der Waals surface area contributed by atoms with Gasteiger partial charge in [0.15, 0.2) is 0 Å². The second kappa shape index (κ2) is 10.0. The van der Waals surface area contributed by atoms with Gasteiger partial charge in [-0.2, -0.15) is 0 Å². The molecule has 0 saturated carbocycles. The molecule has 3 amide bonds. The molecule has 3 saturated heterocycles. The van der Waals surface area contributed by atoms with E-state index in [1.165, 1.54) is 11.9 Å². The van der Waals surface area contributed by atoms with Gasteiger partial charge in [-0.15, -0.1) is 0 Å². The van der Waals surface area contributed by atoms with E-state index in [0.717, 1.165) is 11.1 Å². The van der Waals surface area contributed by atoms with Gasteiger partial charge >= 0.3 is 0 Å². The fraction of sp³-hybridized carbons (Fsp3) is 0.444. The minimum absolute atomic E-state index is 0.210. The van der Waals surface area contributed by atoms with Crippen LogP contribution < -0.4 is 10.6 Å². The van der Waals surface area contributed by atoms with Gasteiger partial charge in [0, 0.05) is 11.9 Å². The summed E-state index contributed by atoms with van der Waals surface area (Å²) in [6.07, 6.45) is 0.170. The Labute approximate surface area is 228 Å². The SMILES string of the molecule is CNC(=O)[C@H]1[C@H]2C(=O)N([C@@H](CO)Cc3ccccc3)C(C(=O)Nc3c(C)cccc3Cl)C23CC(Br)[C@@H]1O3. The fourth-order valence-corrected chi connectivity index (χ4v) is 7.56. The van der Waals surface area contributed by atoms with E-state index in [1.807, 2.05) is 43.3 Å². The zero-order valence-corrected chi connectivity index (χ0v) is 22.8. The van der Waals surface area contributed by atoms with Crippen LogP contribution in [-0.4, -0.2) is 70.0 Å². The molecule has 0 aliphatic carbocycles. The van der Waals surface area contributed by atoms with E-state index in [2.05, 4.69) is 26.6 Å². The Hall–Kier alpha value is -2.46. The number of anilines is 1. The van der Waals surface area contributed by atoms with Crippen LogP contribution in [-0.2, 0) is 25.5 Å². The molecule has 5 rings (SSSR count). The summed E-state index contributed by atoms with van der Waals surface area (Å²) in [4.78, 5) is 42.4. The summed E-state index contributed by atoms with van der Waals surface area (Å²) in [7, 11) is 1.53. The van der Waals surface area contributed by atoms with E-state index in [0.29, 0.717) is 23.6 Å². The fourth-order valence-electron chi connectivity index (χ4n) is 6.35. The predicted octanol–water partition coefficient (Wildman–Crippen LogP) is 2.68. The number of aliphatic hydroxyl groups excluding tert-OH is 1. The molecule has 37 heavy (non-hydrogen) atoms. The van der Waals surface area contributed by atoms with Crippen molar-refractivity contribution in [1.29, 1.82) is 0 Å². The Kier molecular flexibility index (Phi) is 7.08. The summed E-state index contributed by atoms with van der Waals surface area (Å²) < 4.78 is 6.46. The van der Waals surface area contributed by atoms with Crippen molar-refractivity contribution in [3.05, 3.63) is 64.7 Å². The largest absolute Gasteiger partial charge is 0.394 e. The first kappa shape index (κ1) is 26.2. The molecular weight excluding hydrogens is 562 g/mol. The highest BCUT2D eigenvalue weighted by Gasteiger charge is 2.77. The Morgan fingerprint density at radius 1 is 1.22 bits per heavy atom. The molecule has 3 unspecified atom stereocenters. The van der Waals surface area contributed by atoms with Crippen molar-refractivity contribution >= 4 is 50.9 Å². The zero-order chi connectivity index (χ0) is 26.5. The maximum Gasteiger partial charge on any atom is 0.250 e. The monoisotopic (exact) mass is 589 g/mol. The molecule has 0 radical (unpaired) electrons. The first-order chi connectivity index (χ1) is 17.7. The van der Waals surface area contributed by atoms with Crippen LogP contribution in [0, 0.1) is 18.8 Å². The highest BCUT2D eigenvalue weighted by atomic mass is 79.9. The number of amides is 3. The van der Waals surface area contributed by atoms with E-state index in [9.17, 15) is 19.5 Å². The van der Waals surface area contributed by atoms with Crippen LogP contribution in [0.25, 0.3) is 0 Å². The normalized spacial score (nSPS) is 30.8. The number of halogens is 2. The lowest BCUT2D eigenvalue weighted by atomic mass is 9.70. The molecule has 2 bridgehead atoms. The molecule has 7 atom stereocenters. The molecule has 3 heterocycles. The quantitative estimate of drug-likeness (QED) is 0.430. The minimum Gasteiger partial charge on any atom is -0.394 e. The van der Waals surface area contributed by atoms with Crippen LogP contribution in [0.2, 0.25) is 5.02 Å². The number of hydrogen-bond donors (Lipinski definition) is 3. The number of para-hydroxylation sites is 1. The van der Waals surface area contributed by atoms with E-state index in [4.69, 9.17) is 16.3 Å². The van der Waals surface area contributed by atoms with Gasteiger partial charge in [0.25, 0.3) is 0 Å². The van der Waals surface area contributed by atoms with Crippen LogP contribution in [0.1, 0.15) is 17.5 Å². The molecule has 196 valence electrons. The summed E-state index contributed by atoms with van der Waals surface area (Å²) in [5, 5.41) is 16.4. The number of carbonyl (C=O) groups excluding carboxylic acids is 3. The Morgan fingerprint density at radius 2 is 1.95 bits per heavy atom. The van der Waals surface area contributed by atoms with Crippen molar-refractivity contribution in [2.24, 2.45) is 11.8 Å². The van der Waals surface area contributed by atoms with Crippen molar-refractivity contribution < 1.29 is 24.2 Å². The highest BCUT2D eigenvalue weighted by Crippen LogP contribution is 2.60. The van der Waals surface area contributed by atoms with Gasteiger partial charge in [-0.3, -0.25) is 14.4 Å². The van der Waals surface area contributed by atoms with E-state index >= 15 is 0 Å². The topological polar surface area (TPSA) is 108 Å². The lowest BCUT2D eigenvalue weighted by Crippen LogP contribution is -2.57. The van der Waals surface area contributed by atoms with Crippen molar-refractivity contribution in [2.75, 3.05) is 19.0 Å². The summed E-state index contributed by atoms with van der Waals surface area (Å²) in [6, 6.07) is 13.0. The standard InChI is InChI=1S/C27H29BrClN3O5/c1-14-7-6-10-18(29)21(14)31-25(35)23-27-12-17(28)22(37-27)19(24(34)30-2)20(27)26(36)32(23)16(13-33)11-15-8-4-3-5-9-15/h3-10,16-17,19-20,22-23,33H,11-13H2,1-2H3,(H,30,34)(H,31,35)/t16-,17?,19+,20+,22+,23?,27?/m1/s1. The third-order valence-corrected chi connectivity index (χ3v) is 9.07. The Morgan fingerprint density at radius 3 is 2.59 bits per heavy atom. The van der Waals surface area contributed by atoms with Crippen molar-refractivity contribution in [2.45, 2.75) is 48.4 Å². The van der Waals surface area contributed by atoms with Gasteiger partial charge < -0.3 is 25.4 Å². The number of rotatable bonds is 7. The van der Waals surface area contributed by atoms with Crippen molar-refractivity contribution in [1.82, 2.24) is 10.2 Å². The smallest absolute Gasteiger partial charge is 0.250 e. The van der Waals surface area contributed by atoms with Crippen LogP contribution in [0.3, 0.4) is 0 Å². The minimum atomic E-state index is -1.23. The summed E-state index contributed by atoms with van der Waals surface area (Å²) in [5.74, 6) is -2.73. The summed E-state index contributed by atoms with van der Waals surface area (Å²) >= 11 is 10.1. The van der Waals surface area contributed by atoms with Crippen LogP contribution in [0.5, 0.6) is 0 Å². The number of hydrogen-bond acceptors (Lipinski definition) is 5. The lowest BCUT2D eigenvalue weighted by Gasteiger charge is -2.37. The highest BCUT2D eigenvalue weighted by molar-refractivity contribution is 9.09. The van der Waals surface area contributed by atoms with Crippen LogP contribution in [0.15, 0.2) is 48.5 Å². The summed E-state index contributed by atoms with van der Waals surface area (Å²) in [6.45, 7) is 1.48. The molecule has 10 heteroatoms. The molecule has 2 aromatic carbocycles. The lowest BCUT2D eigenvalue weighted by molar-refractivity contribution is -0.143. The Balaban J connectivity index is 1.59. The molecule has 3 fully saturated rings. The first-order valence-corrected chi connectivity index (χ1v) is 13.6. The third kappa shape index (κ3) is 4.16. The van der Waals surface area contributed by atoms with E-state index < -0.39 is 41.5 Å². The molecule has 3 aliphatic rings. The number of aliphatic hydroxyl groups is 1. The van der Waals surface area contributed by atoms with E-state index in [-0.39, 0.29) is 23.2 Å². The Bertz CT molecular complexity index is 1210. The van der Waals surface area contributed by atoms with Crippen molar-refractivity contribution in [3.8, 4) is 0 Å². The van der Waals surface area contributed by atoms with E-state index in [1.54, 1.807) is 12.1 Å². The summed E-state index contributed by atoms with van der Waals surface area (Å²) in [5.41, 5.74) is 0.912. The second-order valence-electron chi connectivity index (χ2n) is 9.97. The number of nitrogens with one attached hydrogen (secondary N) is 2. The van der Waals surface area contributed by atoms with Crippen LogP contribution in [0.4, 0.5) is 5.69 Å². The number of alkyl halides is 1. The van der Waals surface area contributed by atoms with Gasteiger partial charge in [-0.1, -0.05) is 70.0 Å². The molecular formula is C27H29BrClN3O5. The van der Waals surface area contributed by atoms with Gasteiger partial charge in [-0.25, -0.2) is 0 Å². The molecule has 3 N–H and O–H groups in total. The number of nitrogens with zero attached hydrogens (tertiary/aromatic N) is 1. The number of benzene rings is 2. The number of likely N-dealkylation sites (tertiary alicyclic amines) is 1. The molecule has 0 aromatic heterocycles. The number of aryl methyl sites for hydroxylation is 1. The molecule has 2 aromatic rings. The molecule has 1 spiro atoms.